The van der Waals surface area contributed by atoms with Crippen LogP contribution in [0.4, 0.5) is 0 Å². The van der Waals surface area contributed by atoms with Gasteiger partial charge in [-0.2, -0.15) is 0 Å². The van der Waals surface area contributed by atoms with Gasteiger partial charge in [-0.25, -0.2) is 4.99 Å². The van der Waals surface area contributed by atoms with E-state index < -0.39 is 0 Å². The molecule has 0 unspecified atom stereocenters. The first-order chi connectivity index (χ1) is 13.3. The van der Waals surface area contributed by atoms with Gasteiger partial charge in [0.25, 0.3) is 0 Å². The molecule has 0 spiro atoms. The molecule has 0 radical (unpaired) electrons. The van der Waals surface area contributed by atoms with Crippen LogP contribution in [0, 0.1) is 0 Å². The highest BCUT2D eigenvalue weighted by atomic mass is 16.5. The first kappa shape index (κ1) is 21.0. The number of hydrogen-bond donors (Lipinski definition) is 2. The summed E-state index contributed by atoms with van der Waals surface area (Å²) in [5.41, 5.74) is 0. The molecule has 2 rings (SSSR count). The fourth-order valence-electron chi connectivity index (χ4n) is 2.50. The lowest BCUT2D eigenvalue weighted by atomic mass is 10.4. The molecule has 150 valence electrons. The van der Waals surface area contributed by atoms with Crippen LogP contribution in [0.5, 0.6) is 0 Å². The fourth-order valence-corrected chi connectivity index (χ4v) is 2.50. The summed E-state index contributed by atoms with van der Waals surface area (Å²) in [5.74, 6) is 2.60. The van der Waals surface area contributed by atoms with E-state index in [-0.39, 0.29) is 0 Å². The molecule has 2 aromatic heterocycles. The molecule has 27 heavy (non-hydrogen) atoms. The molecule has 0 saturated carbocycles. The SMILES string of the molecule is CCCCOCCCNC(=NCc1ccco1)NCCn1cnnc1CC. The second kappa shape index (κ2) is 12.9. The molecule has 0 aliphatic heterocycles. The van der Waals surface area contributed by atoms with Crippen molar-refractivity contribution in [2.75, 3.05) is 26.3 Å². The van der Waals surface area contributed by atoms with Crippen LogP contribution in [0.25, 0.3) is 0 Å². The van der Waals surface area contributed by atoms with Gasteiger partial charge in [0.05, 0.1) is 6.26 Å². The van der Waals surface area contributed by atoms with Gasteiger partial charge in [0.1, 0.15) is 24.5 Å². The molecule has 0 aliphatic rings. The molecule has 8 heteroatoms. The first-order valence-electron chi connectivity index (χ1n) is 9.82. The van der Waals surface area contributed by atoms with E-state index in [1.807, 2.05) is 12.1 Å². The maximum atomic E-state index is 5.60. The van der Waals surface area contributed by atoms with Gasteiger partial charge in [-0.1, -0.05) is 20.3 Å². The molecule has 0 bridgehead atoms. The molecular formula is C19H32N6O2. The highest BCUT2D eigenvalue weighted by Crippen LogP contribution is 2.01. The molecule has 0 fully saturated rings. The van der Waals surface area contributed by atoms with Crippen LogP contribution >= 0.6 is 0 Å². The van der Waals surface area contributed by atoms with Crippen LogP contribution in [0.2, 0.25) is 0 Å². The third-order valence-electron chi connectivity index (χ3n) is 4.03. The second-order valence-electron chi connectivity index (χ2n) is 6.21. The Kier molecular flexibility index (Phi) is 10.0. The highest BCUT2D eigenvalue weighted by Gasteiger charge is 2.03. The molecule has 2 N–H and O–H groups in total. The Morgan fingerprint density at radius 1 is 1.22 bits per heavy atom. The second-order valence-corrected chi connectivity index (χ2v) is 6.21. The van der Waals surface area contributed by atoms with E-state index in [2.05, 4.69) is 44.2 Å². The lowest BCUT2D eigenvalue weighted by Crippen LogP contribution is -2.39. The molecule has 0 atom stereocenters. The van der Waals surface area contributed by atoms with Crippen LogP contribution in [-0.2, 0) is 24.2 Å². The van der Waals surface area contributed by atoms with Crippen molar-refractivity contribution in [3.05, 3.63) is 36.3 Å². The van der Waals surface area contributed by atoms with Gasteiger partial charge in [-0.05, 0) is 25.0 Å². The minimum Gasteiger partial charge on any atom is -0.467 e. The summed E-state index contributed by atoms with van der Waals surface area (Å²) in [5, 5.41) is 14.8. The largest absolute Gasteiger partial charge is 0.467 e. The van der Waals surface area contributed by atoms with Crippen LogP contribution in [-0.4, -0.2) is 47.0 Å². The standard InChI is InChI=1S/C19H32N6O2/c1-3-5-12-26-13-7-9-20-19(22-15-17-8-6-14-27-17)21-10-11-25-16-23-24-18(25)4-2/h6,8,14,16H,3-5,7,9-13,15H2,1-2H3,(H2,20,21,22). The average Bonchev–Trinajstić information content (AvgIpc) is 3.36. The third-order valence-corrected chi connectivity index (χ3v) is 4.03. The van der Waals surface area contributed by atoms with Crippen molar-refractivity contribution in [1.82, 2.24) is 25.4 Å². The number of hydrogen-bond acceptors (Lipinski definition) is 5. The monoisotopic (exact) mass is 376 g/mol. The normalized spacial score (nSPS) is 11.7. The van der Waals surface area contributed by atoms with Crippen molar-refractivity contribution < 1.29 is 9.15 Å². The summed E-state index contributed by atoms with van der Waals surface area (Å²) in [7, 11) is 0. The quantitative estimate of drug-likeness (QED) is 0.317. The number of ether oxygens (including phenoxy) is 1. The van der Waals surface area contributed by atoms with Crippen molar-refractivity contribution >= 4 is 5.96 Å². The van der Waals surface area contributed by atoms with Crippen molar-refractivity contribution in [2.45, 2.75) is 52.6 Å². The van der Waals surface area contributed by atoms with E-state index in [1.165, 1.54) is 0 Å². The molecule has 8 nitrogen and oxygen atoms in total. The van der Waals surface area contributed by atoms with Crippen molar-refractivity contribution in [3.8, 4) is 0 Å². The number of nitrogens with zero attached hydrogens (tertiary/aromatic N) is 4. The third kappa shape index (κ3) is 8.25. The summed E-state index contributed by atoms with van der Waals surface area (Å²) in [4.78, 5) is 4.59. The number of guanidine groups is 1. The Hall–Kier alpha value is -2.35. The lowest BCUT2D eigenvalue weighted by molar-refractivity contribution is 0.129. The van der Waals surface area contributed by atoms with Gasteiger partial charge in [-0.3, -0.25) is 0 Å². The number of aromatic nitrogens is 3. The molecule has 2 heterocycles. The van der Waals surface area contributed by atoms with Gasteiger partial charge in [-0.15, -0.1) is 10.2 Å². The summed E-state index contributed by atoms with van der Waals surface area (Å²) in [6, 6.07) is 3.80. The van der Waals surface area contributed by atoms with Crippen LogP contribution in [0.15, 0.2) is 34.1 Å². The van der Waals surface area contributed by atoms with E-state index in [9.17, 15) is 0 Å². The number of aliphatic imine (C=N–C) groups is 1. The summed E-state index contributed by atoms with van der Waals surface area (Å²) in [6.07, 6.45) is 7.52. The minimum atomic E-state index is 0.502. The zero-order valence-electron chi connectivity index (χ0n) is 16.5. The van der Waals surface area contributed by atoms with Crippen LogP contribution in [0.1, 0.15) is 44.7 Å². The Bertz CT molecular complexity index is 638. The van der Waals surface area contributed by atoms with Gasteiger partial charge in [0, 0.05) is 39.3 Å². The Labute approximate surface area is 161 Å². The predicted molar refractivity (Wildman–Crippen MR) is 106 cm³/mol. The van der Waals surface area contributed by atoms with Crippen molar-refractivity contribution in [3.63, 3.8) is 0 Å². The average molecular weight is 377 g/mol. The van der Waals surface area contributed by atoms with Crippen molar-refractivity contribution in [1.29, 1.82) is 0 Å². The zero-order valence-corrected chi connectivity index (χ0v) is 16.5. The van der Waals surface area contributed by atoms with Gasteiger partial charge in [0.15, 0.2) is 5.96 Å². The Morgan fingerprint density at radius 3 is 2.85 bits per heavy atom. The number of rotatable bonds is 13. The van der Waals surface area contributed by atoms with Gasteiger partial charge < -0.3 is 24.4 Å². The van der Waals surface area contributed by atoms with Gasteiger partial charge >= 0.3 is 0 Å². The zero-order chi connectivity index (χ0) is 19.2. The Morgan fingerprint density at radius 2 is 2.07 bits per heavy atom. The number of nitrogens with one attached hydrogen (secondary N) is 2. The molecule has 0 aliphatic carbocycles. The summed E-state index contributed by atoms with van der Waals surface area (Å²) >= 11 is 0. The Balaban J connectivity index is 1.75. The number of aryl methyl sites for hydroxylation is 1. The molecule has 2 aromatic rings. The van der Waals surface area contributed by atoms with Crippen molar-refractivity contribution in [2.24, 2.45) is 4.99 Å². The minimum absolute atomic E-state index is 0.502. The number of furan rings is 1. The van der Waals surface area contributed by atoms with E-state index in [4.69, 9.17) is 9.15 Å². The topological polar surface area (TPSA) is 89.5 Å². The number of unbranched alkanes of at least 4 members (excludes halogenated alkanes) is 1. The van der Waals surface area contributed by atoms with Gasteiger partial charge in [0.2, 0.25) is 0 Å². The molecular weight excluding hydrogens is 344 g/mol. The fraction of sp³-hybridized carbons (Fsp3) is 0.632. The van der Waals surface area contributed by atoms with Crippen LogP contribution < -0.4 is 10.6 Å². The first-order valence-corrected chi connectivity index (χ1v) is 9.82. The van der Waals surface area contributed by atoms with E-state index in [0.29, 0.717) is 6.54 Å². The van der Waals surface area contributed by atoms with Crippen LogP contribution in [0.3, 0.4) is 0 Å². The van der Waals surface area contributed by atoms with E-state index >= 15 is 0 Å². The molecule has 0 amide bonds. The summed E-state index contributed by atoms with van der Waals surface area (Å²) in [6.45, 7) is 8.69. The molecule has 0 saturated heterocycles. The maximum Gasteiger partial charge on any atom is 0.191 e. The molecule has 0 aromatic carbocycles. The van der Waals surface area contributed by atoms with E-state index in [1.54, 1.807) is 12.6 Å². The summed E-state index contributed by atoms with van der Waals surface area (Å²) < 4.78 is 13.0. The smallest absolute Gasteiger partial charge is 0.191 e. The lowest BCUT2D eigenvalue weighted by Gasteiger charge is -2.13. The maximum absolute atomic E-state index is 5.60. The highest BCUT2D eigenvalue weighted by molar-refractivity contribution is 5.79. The van der Waals surface area contributed by atoms with E-state index in [0.717, 1.165) is 76.1 Å². The predicted octanol–water partition coefficient (Wildman–Crippen LogP) is 2.38.